The van der Waals surface area contributed by atoms with E-state index in [-0.39, 0.29) is 11.9 Å². The van der Waals surface area contributed by atoms with Crippen molar-refractivity contribution >= 4 is 11.9 Å². The number of carboxylic acid groups (broad SMARTS) is 1. The van der Waals surface area contributed by atoms with Crippen LogP contribution in [-0.2, 0) is 4.79 Å². The fraction of sp³-hybridized carbons (Fsp3) is 0.652. The number of aromatic carboxylic acids is 1. The van der Waals surface area contributed by atoms with Crippen LogP contribution in [0, 0.1) is 5.92 Å². The Balaban J connectivity index is 2.04. The topological polar surface area (TPSA) is 63.6 Å². The van der Waals surface area contributed by atoms with E-state index in [0.717, 1.165) is 50.0 Å². The summed E-state index contributed by atoms with van der Waals surface area (Å²) in [6, 6.07) is 4.98. The standard InChI is InChI=1S/C23H34O4/c1-3-5-7-8-17-10-12-18(13-11-17)21-16-19(14-15-20(21)23(25)26)27-22(24)9-6-4-2/h14-18H,3-13H2,1-2H3,(H,25,26). The average molecular weight is 375 g/mol. The molecule has 1 aliphatic rings. The number of benzene rings is 1. The van der Waals surface area contributed by atoms with Crippen molar-refractivity contribution in [1.82, 2.24) is 0 Å². The quantitative estimate of drug-likeness (QED) is 0.295. The molecule has 0 amide bonds. The van der Waals surface area contributed by atoms with Gasteiger partial charge in [-0.25, -0.2) is 4.79 Å². The third-order valence-corrected chi connectivity index (χ3v) is 5.72. The minimum absolute atomic E-state index is 0.243. The molecule has 0 atom stereocenters. The highest BCUT2D eigenvalue weighted by atomic mass is 16.5. The Morgan fingerprint density at radius 1 is 1.04 bits per heavy atom. The van der Waals surface area contributed by atoms with Crippen LogP contribution < -0.4 is 4.74 Å². The number of hydrogen-bond acceptors (Lipinski definition) is 3. The maximum Gasteiger partial charge on any atom is 0.335 e. The number of carboxylic acids is 1. The monoisotopic (exact) mass is 374 g/mol. The summed E-state index contributed by atoms with van der Waals surface area (Å²) in [5.41, 5.74) is 1.17. The van der Waals surface area contributed by atoms with Gasteiger partial charge in [0.05, 0.1) is 5.56 Å². The molecule has 150 valence electrons. The van der Waals surface area contributed by atoms with Gasteiger partial charge in [-0.05, 0) is 67.7 Å². The molecule has 1 N–H and O–H groups in total. The maximum atomic E-state index is 11.9. The predicted octanol–water partition coefficient (Wildman–Crippen LogP) is 6.33. The van der Waals surface area contributed by atoms with E-state index >= 15 is 0 Å². The van der Waals surface area contributed by atoms with Crippen molar-refractivity contribution < 1.29 is 19.4 Å². The van der Waals surface area contributed by atoms with Crippen LogP contribution in [0.1, 0.15) is 106 Å². The maximum absolute atomic E-state index is 11.9. The normalized spacial score (nSPS) is 19.6. The highest BCUT2D eigenvalue weighted by Crippen LogP contribution is 2.40. The van der Waals surface area contributed by atoms with Gasteiger partial charge < -0.3 is 9.84 Å². The van der Waals surface area contributed by atoms with Gasteiger partial charge >= 0.3 is 11.9 Å². The fourth-order valence-electron chi connectivity index (χ4n) is 4.09. The summed E-state index contributed by atoms with van der Waals surface area (Å²) >= 11 is 0. The largest absolute Gasteiger partial charge is 0.478 e. The number of unbranched alkanes of at least 4 members (excludes halogenated alkanes) is 3. The first kappa shape index (κ1) is 21.5. The minimum atomic E-state index is -0.904. The Morgan fingerprint density at radius 2 is 1.74 bits per heavy atom. The minimum Gasteiger partial charge on any atom is -0.478 e. The van der Waals surface area contributed by atoms with Crippen LogP contribution in [0.4, 0.5) is 0 Å². The van der Waals surface area contributed by atoms with Crippen LogP contribution in [0.25, 0.3) is 0 Å². The Labute approximate surface area is 163 Å². The summed E-state index contributed by atoms with van der Waals surface area (Å²) in [6.07, 6.45) is 11.7. The number of esters is 1. The molecule has 0 aliphatic heterocycles. The summed E-state index contributed by atoms with van der Waals surface area (Å²) in [4.78, 5) is 23.6. The third-order valence-electron chi connectivity index (χ3n) is 5.72. The van der Waals surface area contributed by atoms with Crippen molar-refractivity contribution in [2.45, 2.75) is 90.4 Å². The van der Waals surface area contributed by atoms with Crippen molar-refractivity contribution in [3.8, 4) is 5.75 Å². The fourth-order valence-corrected chi connectivity index (χ4v) is 4.09. The van der Waals surface area contributed by atoms with Crippen LogP contribution >= 0.6 is 0 Å². The highest BCUT2D eigenvalue weighted by molar-refractivity contribution is 5.90. The average Bonchev–Trinajstić information content (AvgIpc) is 2.67. The van der Waals surface area contributed by atoms with Crippen LogP contribution in [0.2, 0.25) is 0 Å². The van der Waals surface area contributed by atoms with Crippen LogP contribution in [0.5, 0.6) is 5.75 Å². The molecular formula is C23H34O4. The number of ether oxygens (including phenoxy) is 1. The van der Waals surface area contributed by atoms with E-state index in [1.165, 1.54) is 25.7 Å². The number of carbonyl (C=O) groups excluding carboxylic acids is 1. The second-order valence-corrected chi connectivity index (χ2v) is 7.85. The number of rotatable bonds is 10. The Hall–Kier alpha value is -1.84. The van der Waals surface area contributed by atoms with Gasteiger partial charge in [-0.15, -0.1) is 0 Å². The molecule has 1 fully saturated rings. The molecule has 0 bridgehead atoms. The van der Waals surface area contributed by atoms with E-state index in [1.807, 2.05) is 6.92 Å². The highest BCUT2D eigenvalue weighted by Gasteiger charge is 2.26. The molecule has 2 rings (SSSR count). The Bertz CT molecular complexity index is 615. The van der Waals surface area contributed by atoms with Gasteiger partial charge in [-0.3, -0.25) is 4.79 Å². The van der Waals surface area contributed by atoms with E-state index in [0.29, 0.717) is 17.7 Å². The summed E-state index contributed by atoms with van der Waals surface area (Å²) in [6.45, 7) is 4.26. The summed E-state index contributed by atoms with van der Waals surface area (Å²) in [5, 5.41) is 9.57. The second-order valence-electron chi connectivity index (χ2n) is 7.85. The van der Waals surface area contributed by atoms with E-state index < -0.39 is 5.97 Å². The summed E-state index contributed by atoms with van der Waals surface area (Å²) in [5.74, 6) is 0.342. The first-order valence-electron chi connectivity index (χ1n) is 10.6. The number of hydrogen-bond donors (Lipinski definition) is 1. The van der Waals surface area contributed by atoms with E-state index in [9.17, 15) is 14.7 Å². The Kier molecular flexibility index (Phi) is 8.83. The van der Waals surface area contributed by atoms with Gasteiger partial charge in [-0.1, -0.05) is 46.0 Å². The molecule has 4 heteroatoms. The molecule has 0 saturated heterocycles. The molecular weight excluding hydrogens is 340 g/mol. The second kappa shape index (κ2) is 11.1. The lowest BCUT2D eigenvalue weighted by molar-refractivity contribution is -0.134. The zero-order valence-electron chi connectivity index (χ0n) is 16.8. The van der Waals surface area contributed by atoms with E-state index in [2.05, 4.69) is 6.92 Å². The first-order chi connectivity index (χ1) is 13.0. The molecule has 1 aromatic carbocycles. The lowest BCUT2D eigenvalue weighted by atomic mass is 9.76. The van der Waals surface area contributed by atoms with E-state index in [4.69, 9.17) is 4.74 Å². The molecule has 27 heavy (non-hydrogen) atoms. The lowest BCUT2D eigenvalue weighted by Crippen LogP contribution is -2.16. The third kappa shape index (κ3) is 6.67. The van der Waals surface area contributed by atoms with Crippen molar-refractivity contribution in [2.75, 3.05) is 0 Å². The lowest BCUT2D eigenvalue weighted by Gasteiger charge is -2.29. The SMILES string of the molecule is CCCCCC1CCC(c2cc(OC(=O)CCCC)ccc2C(=O)O)CC1. The first-order valence-corrected chi connectivity index (χ1v) is 10.6. The van der Waals surface area contributed by atoms with Crippen molar-refractivity contribution in [3.63, 3.8) is 0 Å². The summed E-state index contributed by atoms with van der Waals surface area (Å²) in [7, 11) is 0. The zero-order valence-corrected chi connectivity index (χ0v) is 16.8. The van der Waals surface area contributed by atoms with Crippen LogP contribution in [-0.4, -0.2) is 17.0 Å². The van der Waals surface area contributed by atoms with Gasteiger partial charge in [0.15, 0.2) is 0 Å². The van der Waals surface area contributed by atoms with Gasteiger partial charge in [-0.2, -0.15) is 0 Å². The van der Waals surface area contributed by atoms with E-state index in [1.54, 1.807) is 18.2 Å². The molecule has 0 spiro atoms. The number of carbonyl (C=O) groups is 2. The summed E-state index contributed by atoms with van der Waals surface area (Å²) < 4.78 is 5.44. The molecule has 1 aromatic rings. The van der Waals surface area contributed by atoms with Crippen molar-refractivity contribution in [3.05, 3.63) is 29.3 Å². The smallest absolute Gasteiger partial charge is 0.335 e. The van der Waals surface area contributed by atoms with Gasteiger partial charge in [0.25, 0.3) is 0 Å². The van der Waals surface area contributed by atoms with Crippen LogP contribution in [0.3, 0.4) is 0 Å². The molecule has 0 unspecified atom stereocenters. The molecule has 0 heterocycles. The predicted molar refractivity (Wildman–Crippen MR) is 107 cm³/mol. The molecule has 0 aromatic heterocycles. The Morgan fingerprint density at radius 3 is 2.37 bits per heavy atom. The van der Waals surface area contributed by atoms with Gasteiger partial charge in [0, 0.05) is 6.42 Å². The van der Waals surface area contributed by atoms with Crippen molar-refractivity contribution in [2.24, 2.45) is 5.92 Å². The van der Waals surface area contributed by atoms with Gasteiger partial charge in [0.1, 0.15) is 5.75 Å². The molecule has 0 radical (unpaired) electrons. The van der Waals surface area contributed by atoms with Crippen molar-refractivity contribution in [1.29, 1.82) is 0 Å². The van der Waals surface area contributed by atoms with Crippen LogP contribution in [0.15, 0.2) is 18.2 Å². The molecule has 1 aliphatic carbocycles. The molecule has 4 nitrogen and oxygen atoms in total. The van der Waals surface area contributed by atoms with Gasteiger partial charge in [0.2, 0.25) is 0 Å². The zero-order chi connectivity index (χ0) is 19.6. The molecule has 1 saturated carbocycles.